The smallest absolute Gasteiger partial charge is 0.131 e. The molecule has 0 amide bonds. The summed E-state index contributed by atoms with van der Waals surface area (Å²) in [6, 6.07) is 0. The summed E-state index contributed by atoms with van der Waals surface area (Å²) in [5, 5.41) is 0. The van der Waals surface area contributed by atoms with Crippen LogP contribution in [0.1, 0.15) is 57.8 Å². The molecule has 2 aromatic rings. The first-order valence-corrected chi connectivity index (χ1v) is 6.40. The molecule has 0 aliphatic carbocycles. The van der Waals surface area contributed by atoms with Crippen molar-refractivity contribution in [1.82, 2.24) is 14.5 Å². The lowest BCUT2D eigenvalue weighted by Crippen LogP contribution is -1.99. The predicted octanol–water partition coefficient (Wildman–Crippen LogP) is 3.70. The van der Waals surface area contributed by atoms with Crippen LogP contribution in [0.2, 0.25) is 0 Å². The predicted molar refractivity (Wildman–Crippen MR) is 71.4 cm³/mol. The molecule has 0 saturated heterocycles. The van der Waals surface area contributed by atoms with Crippen molar-refractivity contribution in [1.29, 1.82) is 0 Å². The Kier molecular flexibility index (Phi) is 3.18. The van der Waals surface area contributed by atoms with E-state index in [1.807, 2.05) is 6.20 Å². The third-order valence-electron chi connectivity index (χ3n) is 3.14. The molecule has 0 unspecified atom stereocenters. The summed E-state index contributed by atoms with van der Waals surface area (Å²) < 4.78 is 2.23. The highest BCUT2D eigenvalue weighted by molar-refractivity contribution is 5.79. The van der Waals surface area contributed by atoms with Crippen molar-refractivity contribution >= 4 is 11.0 Å². The fourth-order valence-electron chi connectivity index (χ4n) is 2.07. The Balaban J connectivity index is 2.69. The van der Waals surface area contributed by atoms with Crippen molar-refractivity contribution < 1.29 is 0 Å². The van der Waals surface area contributed by atoms with Gasteiger partial charge in [0.1, 0.15) is 5.82 Å². The van der Waals surface area contributed by atoms with E-state index < -0.39 is 0 Å². The number of aromatic nitrogens is 3. The molecule has 0 radical (unpaired) electrons. The van der Waals surface area contributed by atoms with E-state index in [1.165, 1.54) is 5.56 Å². The number of fused-ring (bicyclic) bond motifs is 1. The first kappa shape index (κ1) is 12.1. The van der Waals surface area contributed by atoms with Gasteiger partial charge in [-0.25, -0.2) is 9.97 Å². The second kappa shape index (κ2) is 4.47. The standard InChI is InChI=1S/C14H21N3/c1-6-17-8-11(9(2)3)13-12(17)7-15-14(16-13)10(4)5/h7-10H,6H2,1-5H3. The summed E-state index contributed by atoms with van der Waals surface area (Å²) in [6.45, 7) is 11.8. The van der Waals surface area contributed by atoms with E-state index in [2.05, 4.69) is 50.4 Å². The summed E-state index contributed by atoms with van der Waals surface area (Å²) in [5.41, 5.74) is 3.60. The van der Waals surface area contributed by atoms with Gasteiger partial charge in [-0.2, -0.15) is 0 Å². The molecule has 0 aliphatic rings. The van der Waals surface area contributed by atoms with E-state index in [0.29, 0.717) is 11.8 Å². The van der Waals surface area contributed by atoms with E-state index in [0.717, 1.165) is 23.4 Å². The monoisotopic (exact) mass is 231 g/mol. The number of nitrogens with zero attached hydrogens (tertiary/aromatic N) is 3. The van der Waals surface area contributed by atoms with Crippen LogP contribution in [0.3, 0.4) is 0 Å². The van der Waals surface area contributed by atoms with Gasteiger partial charge in [0.25, 0.3) is 0 Å². The Labute approximate surface area is 103 Å². The second-order valence-corrected chi connectivity index (χ2v) is 5.14. The maximum Gasteiger partial charge on any atom is 0.131 e. The SMILES string of the molecule is CCn1cc(C(C)C)c2nc(C(C)C)ncc21. The van der Waals surface area contributed by atoms with Gasteiger partial charge in [-0.3, -0.25) is 0 Å². The molecule has 3 heteroatoms. The summed E-state index contributed by atoms with van der Waals surface area (Å²) in [7, 11) is 0. The summed E-state index contributed by atoms with van der Waals surface area (Å²) >= 11 is 0. The molecule has 2 rings (SSSR count). The van der Waals surface area contributed by atoms with Crippen molar-refractivity contribution in [3.63, 3.8) is 0 Å². The maximum absolute atomic E-state index is 4.73. The largest absolute Gasteiger partial charge is 0.345 e. The molecular formula is C14H21N3. The Morgan fingerprint density at radius 1 is 1.18 bits per heavy atom. The van der Waals surface area contributed by atoms with Crippen LogP contribution in [-0.4, -0.2) is 14.5 Å². The highest BCUT2D eigenvalue weighted by Gasteiger charge is 2.14. The second-order valence-electron chi connectivity index (χ2n) is 5.14. The third-order valence-corrected chi connectivity index (χ3v) is 3.14. The van der Waals surface area contributed by atoms with E-state index in [1.54, 1.807) is 0 Å². The molecule has 0 atom stereocenters. The lowest BCUT2D eigenvalue weighted by Gasteiger charge is -2.05. The molecule has 17 heavy (non-hydrogen) atoms. The van der Waals surface area contributed by atoms with Crippen LogP contribution in [0.25, 0.3) is 11.0 Å². The lowest BCUT2D eigenvalue weighted by atomic mass is 10.1. The Bertz CT molecular complexity index is 523. The minimum absolute atomic E-state index is 0.379. The third kappa shape index (κ3) is 2.06. The summed E-state index contributed by atoms with van der Waals surface area (Å²) in [6.07, 6.45) is 4.18. The van der Waals surface area contributed by atoms with Gasteiger partial charge in [0, 0.05) is 18.7 Å². The van der Waals surface area contributed by atoms with Gasteiger partial charge in [-0.05, 0) is 18.4 Å². The quantitative estimate of drug-likeness (QED) is 0.806. The molecule has 0 bridgehead atoms. The van der Waals surface area contributed by atoms with Crippen LogP contribution in [0.4, 0.5) is 0 Å². The van der Waals surface area contributed by atoms with Crippen LogP contribution in [0.5, 0.6) is 0 Å². The number of rotatable bonds is 3. The number of hydrogen-bond donors (Lipinski definition) is 0. The van der Waals surface area contributed by atoms with Crippen molar-refractivity contribution in [2.45, 2.75) is 53.0 Å². The Morgan fingerprint density at radius 2 is 1.88 bits per heavy atom. The number of aryl methyl sites for hydroxylation is 1. The molecule has 0 spiro atoms. The summed E-state index contributed by atoms with van der Waals surface area (Å²) in [5.74, 6) is 1.82. The Morgan fingerprint density at radius 3 is 2.41 bits per heavy atom. The molecule has 0 aromatic carbocycles. The van der Waals surface area contributed by atoms with Crippen molar-refractivity contribution in [2.75, 3.05) is 0 Å². The van der Waals surface area contributed by atoms with Crippen LogP contribution in [0, 0.1) is 0 Å². The van der Waals surface area contributed by atoms with Crippen LogP contribution >= 0.6 is 0 Å². The van der Waals surface area contributed by atoms with Crippen molar-refractivity contribution in [2.24, 2.45) is 0 Å². The lowest BCUT2D eigenvalue weighted by molar-refractivity contribution is 0.770. The van der Waals surface area contributed by atoms with Gasteiger partial charge in [-0.1, -0.05) is 27.7 Å². The highest BCUT2D eigenvalue weighted by atomic mass is 15.0. The van der Waals surface area contributed by atoms with Crippen molar-refractivity contribution in [3.05, 3.63) is 23.8 Å². The van der Waals surface area contributed by atoms with Gasteiger partial charge in [0.15, 0.2) is 0 Å². The average molecular weight is 231 g/mol. The molecule has 2 heterocycles. The molecule has 2 aromatic heterocycles. The first-order valence-electron chi connectivity index (χ1n) is 6.40. The first-order chi connectivity index (χ1) is 8.04. The molecule has 0 fully saturated rings. The zero-order valence-corrected chi connectivity index (χ0v) is 11.4. The van der Waals surface area contributed by atoms with Crippen LogP contribution in [0.15, 0.2) is 12.4 Å². The normalized spacial score (nSPS) is 11.9. The van der Waals surface area contributed by atoms with E-state index in [-0.39, 0.29) is 0 Å². The fraction of sp³-hybridized carbons (Fsp3) is 0.571. The van der Waals surface area contributed by atoms with Crippen LogP contribution in [-0.2, 0) is 6.54 Å². The zero-order valence-electron chi connectivity index (χ0n) is 11.4. The zero-order chi connectivity index (χ0) is 12.6. The van der Waals surface area contributed by atoms with E-state index in [4.69, 9.17) is 4.98 Å². The molecular weight excluding hydrogens is 210 g/mol. The average Bonchev–Trinajstić information content (AvgIpc) is 2.66. The number of hydrogen-bond acceptors (Lipinski definition) is 2. The molecule has 0 N–H and O–H groups in total. The van der Waals surface area contributed by atoms with E-state index >= 15 is 0 Å². The van der Waals surface area contributed by atoms with Gasteiger partial charge >= 0.3 is 0 Å². The molecule has 0 saturated carbocycles. The van der Waals surface area contributed by atoms with Crippen LogP contribution < -0.4 is 0 Å². The summed E-state index contributed by atoms with van der Waals surface area (Å²) in [4.78, 5) is 9.19. The fourth-order valence-corrected chi connectivity index (χ4v) is 2.07. The topological polar surface area (TPSA) is 30.7 Å². The minimum atomic E-state index is 0.379. The Hall–Kier alpha value is -1.38. The van der Waals surface area contributed by atoms with Gasteiger partial charge in [-0.15, -0.1) is 0 Å². The van der Waals surface area contributed by atoms with Gasteiger partial charge < -0.3 is 4.57 Å². The minimum Gasteiger partial charge on any atom is -0.345 e. The molecule has 3 nitrogen and oxygen atoms in total. The highest BCUT2D eigenvalue weighted by Crippen LogP contribution is 2.26. The maximum atomic E-state index is 4.73. The van der Waals surface area contributed by atoms with Gasteiger partial charge in [0.05, 0.1) is 17.2 Å². The van der Waals surface area contributed by atoms with Gasteiger partial charge in [0.2, 0.25) is 0 Å². The van der Waals surface area contributed by atoms with Crippen molar-refractivity contribution in [3.8, 4) is 0 Å². The molecule has 92 valence electrons. The van der Waals surface area contributed by atoms with E-state index in [9.17, 15) is 0 Å². The molecule has 0 aliphatic heterocycles.